The molecule has 1 saturated carbocycles. The first-order valence-corrected chi connectivity index (χ1v) is 5.98. The molecule has 6 nitrogen and oxygen atoms in total. The first-order valence-electron chi connectivity index (χ1n) is 5.98. The van der Waals surface area contributed by atoms with E-state index in [0.717, 1.165) is 0 Å². The fourth-order valence-corrected chi connectivity index (χ4v) is 1.30. The van der Waals surface area contributed by atoms with Crippen LogP contribution in [0.2, 0.25) is 0 Å². The summed E-state index contributed by atoms with van der Waals surface area (Å²) >= 11 is 0. The van der Waals surface area contributed by atoms with Gasteiger partial charge in [0.25, 0.3) is 0 Å². The fourth-order valence-electron chi connectivity index (χ4n) is 1.30. The van der Waals surface area contributed by atoms with E-state index in [2.05, 4.69) is 16.0 Å². The van der Waals surface area contributed by atoms with Gasteiger partial charge in [0.1, 0.15) is 0 Å². The van der Waals surface area contributed by atoms with Crippen LogP contribution < -0.4 is 16.0 Å². The highest BCUT2D eigenvalue weighted by Crippen LogP contribution is 2.18. The third-order valence-electron chi connectivity index (χ3n) is 2.44. The van der Waals surface area contributed by atoms with Crippen LogP contribution in [0.15, 0.2) is 0 Å². The van der Waals surface area contributed by atoms with Crippen molar-refractivity contribution in [2.45, 2.75) is 25.3 Å². The molecule has 1 aliphatic carbocycles. The van der Waals surface area contributed by atoms with E-state index in [0.29, 0.717) is 32.2 Å². The minimum Gasteiger partial charge on any atom is -0.383 e. The molecule has 3 N–H and O–H groups in total. The van der Waals surface area contributed by atoms with Gasteiger partial charge in [-0.05, 0) is 12.8 Å². The Hall–Kier alpha value is -1.14. The Morgan fingerprint density at radius 1 is 1.18 bits per heavy atom. The van der Waals surface area contributed by atoms with Crippen molar-refractivity contribution < 1.29 is 14.3 Å². The summed E-state index contributed by atoms with van der Waals surface area (Å²) in [5, 5.41) is 8.44. The number of hydrogen-bond donors (Lipinski definition) is 3. The van der Waals surface area contributed by atoms with Crippen LogP contribution in [0.4, 0.5) is 0 Å². The SMILES string of the molecule is COCCNC(=O)CNC(=O)CCNC1CC1. The Bertz CT molecular complexity index is 254. The van der Waals surface area contributed by atoms with Gasteiger partial charge in [0.15, 0.2) is 0 Å². The molecule has 0 aliphatic heterocycles. The van der Waals surface area contributed by atoms with Gasteiger partial charge in [-0.1, -0.05) is 0 Å². The van der Waals surface area contributed by atoms with Crippen molar-refractivity contribution in [2.24, 2.45) is 0 Å². The lowest BCUT2D eigenvalue weighted by Gasteiger charge is -2.06. The maximum absolute atomic E-state index is 11.3. The molecule has 0 aromatic rings. The van der Waals surface area contributed by atoms with Gasteiger partial charge in [-0.25, -0.2) is 0 Å². The summed E-state index contributed by atoms with van der Waals surface area (Å²) in [4.78, 5) is 22.5. The molecule has 1 rings (SSSR count). The molecule has 0 saturated heterocycles. The maximum atomic E-state index is 11.3. The maximum Gasteiger partial charge on any atom is 0.239 e. The summed E-state index contributed by atoms with van der Waals surface area (Å²) in [7, 11) is 1.57. The van der Waals surface area contributed by atoms with Crippen molar-refractivity contribution in [3.8, 4) is 0 Å². The molecular weight excluding hydrogens is 222 g/mol. The Morgan fingerprint density at radius 2 is 1.94 bits per heavy atom. The topological polar surface area (TPSA) is 79.5 Å². The average molecular weight is 243 g/mol. The number of rotatable bonds is 9. The minimum absolute atomic E-state index is 0.0337. The van der Waals surface area contributed by atoms with Gasteiger partial charge in [-0.15, -0.1) is 0 Å². The second kappa shape index (κ2) is 8.03. The van der Waals surface area contributed by atoms with Gasteiger partial charge >= 0.3 is 0 Å². The van der Waals surface area contributed by atoms with Gasteiger partial charge in [-0.3, -0.25) is 9.59 Å². The average Bonchev–Trinajstić information content (AvgIpc) is 3.11. The summed E-state index contributed by atoms with van der Waals surface area (Å²) in [5.41, 5.74) is 0. The first-order chi connectivity index (χ1) is 8.22. The van der Waals surface area contributed by atoms with Crippen LogP contribution in [-0.2, 0) is 14.3 Å². The Balaban J connectivity index is 1.92. The van der Waals surface area contributed by atoms with E-state index in [4.69, 9.17) is 4.74 Å². The van der Waals surface area contributed by atoms with Crippen LogP contribution in [0.25, 0.3) is 0 Å². The highest BCUT2D eigenvalue weighted by molar-refractivity contribution is 5.84. The second-order valence-electron chi connectivity index (χ2n) is 4.10. The lowest BCUT2D eigenvalue weighted by Crippen LogP contribution is -2.39. The molecule has 98 valence electrons. The molecule has 0 unspecified atom stereocenters. The number of carbonyl (C=O) groups is 2. The van der Waals surface area contributed by atoms with E-state index in [1.807, 2.05) is 0 Å². The molecule has 1 fully saturated rings. The van der Waals surface area contributed by atoms with Crippen LogP contribution in [0.1, 0.15) is 19.3 Å². The highest BCUT2D eigenvalue weighted by Gasteiger charge is 2.20. The molecule has 17 heavy (non-hydrogen) atoms. The molecule has 0 radical (unpaired) electrons. The molecule has 0 aromatic heterocycles. The molecule has 0 heterocycles. The molecule has 2 amide bonds. The largest absolute Gasteiger partial charge is 0.383 e. The van der Waals surface area contributed by atoms with Gasteiger partial charge in [-0.2, -0.15) is 0 Å². The zero-order valence-corrected chi connectivity index (χ0v) is 10.3. The Labute approximate surface area is 101 Å². The van der Waals surface area contributed by atoms with Crippen LogP contribution in [0.3, 0.4) is 0 Å². The number of nitrogens with one attached hydrogen (secondary N) is 3. The van der Waals surface area contributed by atoms with Crippen molar-refractivity contribution in [3.63, 3.8) is 0 Å². The highest BCUT2D eigenvalue weighted by atomic mass is 16.5. The Morgan fingerprint density at radius 3 is 2.59 bits per heavy atom. The first kappa shape index (κ1) is 13.9. The summed E-state index contributed by atoms with van der Waals surface area (Å²) in [6.45, 7) is 1.66. The van der Waals surface area contributed by atoms with E-state index < -0.39 is 0 Å². The van der Waals surface area contributed by atoms with Crippen molar-refractivity contribution >= 4 is 11.8 Å². The van der Waals surface area contributed by atoms with Gasteiger partial charge in [0, 0.05) is 32.7 Å². The zero-order valence-electron chi connectivity index (χ0n) is 10.3. The fraction of sp³-hybridized carbons (Fsp3) is 0.818. The van der Waals surface area contributed by atoms with Crippen molar-refractivity contribution in [2.75, 3.05) is 33.4 Å². The lowest BCUT2D eigenvalue weighted by molar-refractivity contribution is -0.126. The summed E-state index contributed by atoms with van der Waals surface area (Å²) in [5.74, 6) is -0.286. The third-order valence-corrected chi connectivity index (χ3v) is 2.44. The van der Waals surface area contributed by atoms with E-state index in [1.165, 1.54) is 12.8 Å². The lowest BCUT2D eigenvalue weighted by atomic mass is 10.4. The zero-order chi connectivity index (χ0) is 12.5. The smallest absolute Gasteiger partial charge is 0.239 e. The predicted octanol–water partition coefficient (Wildman–Crippen LogP) is -0.993. The van der Waals surface area contributed by atoms with E-state index in [1.54, 1.807) is 7.11 Å². The summed E-state index contributed by atoms with van der Waals surface area (Å²) in [6, 6.07) is 0.611. The molecule has 1 aliphatic rings. The van der Waals surface area contributed by atoms with Crippen LogP contribution in [0, 0.1) is 0 Å². The van der Waals surface area contributed by atoms with E-state index in [-0.39, 0.29) is 18.4 Å². The minimum atomic E-state index is -0.189. The van der Waals surface area contributed by atoms with Crippen LogP contribution >= 0.6 is 0 Å². The van der Waals surface area contributed by atoms with Crippen LogP contribution in [-0.4, -0.2) is 51.2 Å². The molecule has 0 spiro atoms. The normalized spacial score (nSPS) is 14.4. The van der Waals surface area contributed by atoms with Crippen LogP contribution in [0.5, 0.6) is 0 Å². The van der Waals surface area contributed by atoms with Gasteiger partial charge < -0.3 is 20.7 Å². The predicted molar refractivity (Wildman–Crippen MR) is 63.5 cm³/mol. The summed E-state index contributed by atoms with van der Waals surface area (Å²) in [6.07, 6.45) is 2.84. The number of methoxy groups -OCH3 is 1. The van der Waals surface area contributed by atoms with Crippen molar-refractivity contribution in [3.05, 3.63) is 0 Å². The van der Waals surface area contributed by atoms with Gasteiger partial charge in [0.2, 0.25) is 11.8 Å². The molecular formula is C11H21N3O3. The van der Waals surface area contributed by atoms with Gasteiger partial charge in [0.05, 0.1) is 13.2 Å². The monoisotopic (exact) mass is 243 g/mol. The molecule has 0 aromatic carbocycles. The van der Waals surface area contributed by atoms with Crippen molar-refractivity contribution in [1.82, 2.24) is 16.0 Å². The second-order valence-corrected chi connectivity index (χ2v) is 4.10. The molecule has 6 heteroatoms. The molecule has 0 bridgehead atoms. The number of ether oxygens (including phenoxy) is 1. The van der Waals surface area contributed by atoms with Crippen molar-refractivity contribution in [1.29, 1.82) is 0 Å². The summed E-state index contributed by atoms with van der Waals surface area (Å²) < 4.78 is 4.79. The third kappa shape index (κ3) is 7.70. The van der Waals surface area contributed by atoms with E-state index in [9.17, 15) is 9.59 Å². The molecule has 0 atom stereocenters. The number of hydrogen-bond acceptors (Lipinski definition) is 4. The Kier molecular flexibility index (Phi) is 6.57. The number of amides is 2. The quantitative estimate of drug-likeness (QED) is 0.454. The van der Waals surface area contributed by atoms with E-state index >= 15 is 0 Å². The number of carbonyl (C=O) groups excluding carboxylic acids is 2. The standard InChI is InChI=1S/C11H21N3O3/c1-17-7-6-13-11(16)8-14-10(15)4-5-12-9-2-3-9/h9,12H,2-8H2,1H3,(H,13,16)(H,14,15).